The molecular weight excluding hydrogens is 320 g/mol. The van der Waals surface area contributed by atoms with Crippen LogP contribution in [0.3, 0.4) is 0 Å². The number of hydrogen-bond donors (Lipinski definition) is 3. The average Bonchev–Trinajstić information content (AvgIpc) is 2.78. The number of esters is 1. The summed E-state index contributed by atoms with van der Waals surface area (Å²) in [6.45, 7) is 3.43. The average molecular weight is 348 g/mol. The normalized spacial score (nSPS) is 43.4. The molecular formula is C20H28O5. The van der Waals surface area contributed by atoms with Crippen molar-refractivity contribution in [2.75, 3.05) is 0 Å². The third-order valence-electron chi connectivity index (χ3n) is 7.19. The van der Waals surface area contributed by atoms with Crippen LogP contribution in [0.15, 0.2) is 22.7 Å². The quantitative estimate of drug-likeness (QED) is 0.501. The van der Waals surface area contributed by atoms with Crippen LogP contribution in [0.2, 0.25) is 0 Å². The zero-order valence-corrected chi connectivity index (χ0v) is 15.0. The SMILES string of the molecule is CC(=O)OC1=C(O)CC2C3C(CC[C@]12C)C1=C(C[C@@H](O)CC1)C[C@@H]3O. The van der Waals surface area contributed by atoms with Gasteiger partial charge in [-0.3, -0.25) is 4.79 Å². The van der Waals surface area contributed by atoms with Crippen molar-refractivity contribution in [1.29, 1.82) is 0 Å². The van der Waals surface area contributed by atoms with E-state index in [-0.39, 0.29) is 29.1 Å². The van der Waals surface area contributed by atoms with Gasteiger partial charge in [0.15, 0.2) is 5.76 Å². The Bertz CT molecular complexity index is 663. The number of allylic oxidation sites excluding steroid dienone is 3. The van der Waals surface area contributed by atoms with Crippen molar-refractivity contribution in [2.24, 2.45) is 23.2 Å². The van der Waals surface area contributed by atoms with Gasteiger partial charge in [0.1, 0.15) is 5.76 Å². The molecule has 25 heavy (non-hydrogen) atoms. The van der Waals surface area contributed by atoms with Gasteiger partial charge in [-0.2, -0.15) is 0 Å². The first-order chi connectivity index (χ1) is 11.8. The van der Waals surface area contributed by atoms with Crippen molar-refractivity contribution in [3.63, 3.8) is 0 Å². The first-order valence-corrected chi connectivity index (χ1v) is 9.49. The summed E-state index contributed by atoms with van der Waals surface area (Å²) in [5.74, 6) is 0.707. The summed E-state index contributed by atoms with van der Waals surface area (Å²) in [5.41, 5.74) is 2.32. The van der Waals surface area contributed by atoms with Crippen LogP contribution in [0.25, 0.3) is 0 Å². The molecule has 0 radical (unpaired) electrons. The van der Waals surface area contributed by atoms with E-state index in [0.717, 1.165) is 25.7 Å². The molecule has 0 aliphatic heterocycles. The highest BCUT2D eigenvalue weighted by Gasteiger charge is 2.58. The summed E-state index contributed by atoms with van der Waals surface area (Å²) in [5, 5.41) is 31.3. The molecule has 3 N–H and O–H groups in total. The van der Waals surface area contributed by atoms with Gasteiger partial charge in [-0.1, -0.05) is 18.1 Å². The maximum Gasteiger partial charge on any atom is 0.307 e. The lowest BCUT2D eigenvalue weighted by molar-refractivity contribution is -0.140. The summed E-state index contributed by atoms with van der Waals surface area (Å²) >= 11 is 0. The molecule has 1 saturated carbocycles. The molecule has 138 valence electrons. The van der Waals surface area contributed by atoms with E-state index in [1.165, 1.54) is 18.1 Å². The van der Waals surface area contributed by atoms with Gasteiger partial charge < -0.3 is 20.1 Å². The van der Waals surface area contributed by atoms with Crippen LogP contribution < -0.4 is 0 Å². The molecule has 0 aromatic rings. The predicted molar refractivity (Wildman–Crippen MR) is 91.4 cm³/mol. The predicted octanol–water partition coefficient (Wildman–Crippen LogP) is 2.98. The number of aliphatic hydroxyl groups excluding tert-OH is 3. The molecule has 5 nitrogen and oxygen atoms in total. The molecule has 5 heteroatoms. The van der Waals surface area contributed by atoms with Crippen LogP contribution >= 0.6 is 0 Å². The van der Waals surface area contributed by atoms with E-state index >= 15 is 0 Å². The lowest BCUT2D eigenvalue weighted by Crippen LogP contribution is -2.49. The van der Waals surface area contributed by atoms with E-state index in [0.29, 0.717) is 30.9 Å². The van der Waals surface area contributed by atoms with E-state index in [2.05, 4.69) is 6.92 Å². The van der Waals surface area contributed by atoms with Crippen LogP contribution in [0.4, 0.5) is 0 Å². The van der Waals surface area contributed by atoms with Gasteiger partial charge in [0, 0.05) is 18.8 Å². The van der Waals surface area contributed by atoms with Gasteiger partial charge in [-0.05, 0) is 56.3 Å². The van der Waals surface area contributed by atoms with Crippen LogP contribution in [0.1, 0.15) is 58.8 Å². The summed E-state index contributed by atoms with van der Waals surface area (Å²) in [7, 11) is 0. The highest BCUT2D eigenvalue weighted by molar-refractivity contribution is 5.67. The number of carbonyl (C=O) groups excluding carboxylic acids is 1. The molecule has 0 aromatic heterocycles. The molecule has 4 aliphatic carbocycles. The van der Waals surface area contributed by atoms with Crippen molar-refractivity contribution in [3.05, 3.63) is 22.7 Å². The number of ether oxygens (including phenoxy) is 1. The number of fused-ring (bicyclic) bond motifs is 4. The third kappa shape index (κ3) is 2.55. The second-order valence-electron chi connectivity index (χ2n) is 8.62. The van der Waals surface area contributed by atoms with Gasteiger partial charge in [0.2, 0.25) is 0 Å². The second-order valence-corrected chi connectivity index (χ2v) is 8.62. The first kappa shape index (κ1) is 17.1. The zero-order chi connectivity index (χ0) is 17.9. The Kier molecular flexibility index (Phi) is 4.00. The summed E-state index contributed by atoms with van der Waals surface area (Å²) in [6.07, 6.45) is 4.57. The Balaban J connectivity index is 1.67. The fourth-order valence-corrected chi connectivity index (χ4v) is 6.14. The van der Waals surface area contributed by atoms with E-state index < -0.39 is 12.1 Å². The van der Waals surface area contributed by atoms with Crippen molar-refractivity contribution in [2.45, 2.75) is 71.0 Å². The molecule has 1 fully saturated rings. The Morgan fingerprint density at radius 2 is 1.96 bits per heavy atom. The first-order valence-electron chi connectivity index (χ1n) is 9.49. The zero-order valence-electron chi connectivity index (χ0n) is 15.0. The minimum atomic E-state index is -0.455. The molecule has 0 saturated heterocycles. The third-order valence-corrected chi connectivity index (χ3v) is 7.19. The fourth-order valence-electron chi connectivity index (χ4n) is 6.14. The topological polar surface area (TPSA) is 87.0 Å². The molecule has 4 aliphatic rings. The molecule has 0 aromatic carbocycles. The monoisotopic (exact) mass is 348 g/mol. The Labute approximate surface area is 148 Å². The number of carbonyl (C=O) groups is 1. The van der Waals surface area contributed by atoms with Crippen molar-refractivity contribution in [3.8, 4) is 0 Å². The van der Waals surface area contributed by atoms with E-state index in [9.17, 15) is 20.1 Å². The molecule has 3 unspecified atom stereocenters. The van der Waals surface area contributed by atoms with Gasteiger partial charge in [-0.25, -0.2) is 0 Å². The largest absolute Gasteiger partial charge is 0.509 e. The van der Waals surface area contributed by atoms with Crippen LogP contribution in [0.5, 0.6) is 0 Å². The standard InChI is InChI=1S/C20H28O5/c1-10(21)25-19-17(24)9-15-18-14(5-6-20(15,19)2)13-4-3-12(22)7-11(13)8-16(18)23/h12,14-16,18,22-24H,3-9H2,1-2H3/t12-,14?,15?,16-,18?,20-/m0/s1. The fraction of sp³-hybridized carbons (Fsp3) is 0.750. The molecule has 4 rings (SSSR count). The van der Waals surface area contributed by atoms with Gasteiger partial charge in [-0.15, -0.1) is 0 Å². The number of aliphatic hydroxyl groups is 3. The van der Waals surface area contributed by atoms with Crippen LogP contribution in [-0.2, 0) is 9.53 Å². The van der Waals surface area contributed by atoms with Gasteiger partial charge >= 0.3 is 5.97 Å². The molecule has 0 spiro atoms. The number of hydrogen-bond acceptors (Lipinski definition) is 5. The maximum atomic E-state index is 11.5. The summed E-state index contributed by atoms with van der Waals surface area (Å²) < 4.78 is 5.40. The summed E-state index contributed by atoms with van der Waals surface area (Å²) in [4.78, 5) is 11.5. The minimum Gasteiger partial charge on any atom is -0.509 e. The molecule has 0 heterocycles. The van der Waals surface area contributed by atoms with Crippen LogP contribution in [0, 0.1) is 23.2 Å². The lowest BCUT2D eigenvalue weighted by Gasteiger charge is -2.52. The van der Waals surface area contributed by atoms with Crippen molar-refractivity contribution >= 4 is 5.97 Å². The summed E-state index contributed by atoms with van der Waals surface area (Å²) in [6, 6.07) is 0. The minimum absolute atomic E-state index is 0.0861. The van der Waals surface area contributed by atoms with E-state index in [4.69, 9.17) is 4.74 Å². The van der Waals surface area contributed by atoms with Crippen LogP contribution in [-0.4, -0.2) is 33.5 Å². The molecule has 0 amide bonds. The molecule has 6 atom stereocenters. The highest BCUT2D eigenvalue weighted by Crippen LogP contribution is 2.62. The Morgan fingerprint density at radius 1 is 1.20 bits per heavy atom. The van der Waals surface area contributed by atoms with Crippen molar-refractivity contribution < 1.29 is 24.9 Å². The van der Waals surface area contributed by atoms with Gasteiger partial charge in [0.05, 0.1) is 12.2 Å². The Hall–Kier alpha value is -1.33. The van der Waals surface area contributed by atoms with Gasteiger partial charge in [0.25, 0.3) is 0 Å². The number of rotatable bonds is 1. The maximum absolute atomic E-state index is 11.5. The van der Waals surface area contributed by atoms with E-state index in [1.807, 2.05) is 0 Å². The Morgan fingerprint density at radius 3 is 2.68 bits per heavy atom. The lowest BCUT2D eigenvalue weighted by atomic mass is 9.53. The molecule has 0 bridgehead atoms. The highest BCUT2D eigenvalue weighted by atomic mass is 16.5. The second kappa shape index (κ2) is 5.85. The smallest absolute Gasteiger partial charge is 0.307 e. The van der Waals surface area contributed by atoms with Crippen molar-refractivity contribution in [1.82, 2.24) is 0 Å². The van der Waals surface area contributed by atoms with E-state index in [1.54, 1.807) is 0 Å².